The Morgan fingerprint density at radius 1 is 1.35 bits per heavy atom. The van der Waals surface area contributed by atoms with Crippen LogP contribution in [0.3, 0.4) is 0 Å². The molecule has 0 aliphatic heterocycles. The van der Waals surface area contributed by atoms with E-state index in [4.69, 9.17) is 4.74 Å². The van der Waals surface area contributed by atoms with Crippen molar-refractivity contribution in [1.29, 1.82) is 0 Å². The lowest BCUT2D eigenvalue weighted by Gasteiger charge is -2.34. The Hall–Kier alpha value is 0.160. The second-order valence-electron chi connectivity index (χ2n) is 4.72. The molecule has 0 radical (unpaired) electrons. The van der Waals surface area contributed by atoms with Crippen molar-refractivity contribution in [3.8, 4) is 0 Å². The van der Waals surface area contributed by atoms with E-state index in [0.29, 0.717) is 18.4 Å². The van der Waals surface area contributed by atoms with Gasteiger partial charge in [0.1, 0.15) is 0 Å². The summed E-state index contributed by atoms with van der Waals surface area (Å²) in [6, 6.07) is 0. The fourth-order valence-electron chi connectivity index (χ4n) is 2.17. The normalized spacial score (nSPS) is 23.2. The largest absolute Gasteiger partial charge is 0.378 e. The average molecular weight is 353 g/mol. The van der Waals surface area contributed by atoms with E-state index in [-0.39, 0.29) is 5.91 Å². The lowest BCUT2D eigenvalue weighted by molar-refractivity contribution is -0.124. The Labute approximate surface area is 118 Å². The van der Waals surface area contributed by atoms with E-state index in [9.17, 15) is 4.79 Å². The average Bonchev–Trinajstić information content (AvgIpc) is 2.26. The van der Waals surface area contributed by atoms with Crippen LogP contribution in [0.15, 0.2) is 0 Å². The highest BCUT2D eigenvalue weighted by atomic mass is 127. The number of unbranched alkanes of at least 4 members (excludes halogenated alkanes) is 2. The lowest BCUT2D eigenvalue weighted by Crippen LogP contribution is -2.36. The maximum absolute atomic E-state index is 11.6. The molecule has 3 nitrogen and oxygen atoms in total. The molecular weight excluding hydrogens is 329 g/mol. The molecule has 0 unspecified atom stereocenters. The maximum Gasteiger partial charge on any atom is 0.220 e. The SMILES string of the molecule is CCOC1CC(CC(=O)NCCCCCI)C1. The molecule has 1 N–H and O–H groups in total. The van der Waals surface area contributed by atoms with Gasteiger partial charge in [0.15, 0.2) is 0 Å². The van der Waals surface area contributed by atoms with Gasteiger partial charge in [-0.1, -0.05) is 29.0 Å². The summed E-state index contributed by atoms with van der Waals surface area (Å²) in [6.07, 6.45) is 6.83. The minimum atomic E-state index is 0.222. The first-order valence-corrected chi connectivity index (χ1v) is 8.23. The molecule has 4 heteroatoms. The molecule has 1 rings (SSSR count). The van der Waals surface area contributed by atoms with E-state index in [1.165, 1.54) is 17.3 Å². The molecule has 1 fully saturated rings. The van der Waals surface area contributed by atoms with Gasteiger partial charge in [-0.15, -0.1) is 0 Å². The number of hydrogen-bond acceptors (Lipinski definition) is 2. The summed E-state index contributed by atoms with van der Waals surface area (Å²) in [7, 11) is 0. The molecular formula is C13H24INO2. The Balaban J connectivity index is 1.92. The van der Waals surface area contributed by atoms with Crippen molar-refractivity contribution in [3.63, 3.8) is 0 Å². The molecule has 1 saturated carbocycles. The van der Waals surface area contributed by atoms with Crippen LogP contribution >= 0.6 is 22.6 Å². The van der Waals surface area contributed by atoms with Gasteiger partial charge in [-0.05, 0) is 43.0 Å². The first-order chi connectivity index (χ1) is 8.26. The van der Waals surface area contributed by atoms with Crippen molar-refractivity contribution in [2.45, 2.75) is 51.6 Å². The Morgan fingerprint density at radius 3 is 2.76 bits per heavy atom. The molecule has 0 bridgehead atoms. The van der Waals surface area contributed by atoms with Crippen LogP contribution < -0.4 is 5.32 Å². The first-order valence-electron chi connectivity index (χ1n) is 6.70. The van der Waals surface area contributed by atoms with Crippen LogP contribution in [-0.2, 0) is 9.53 Å². The highest BCUT2D eigenvalue weighted by molar-refractivity contribution is 14.1. The molecule has 0 aromatic heterocycles. The number of carbonyl (C=O) groups is 1. The van der Waals surface area contributed by atoms with Gasteiger partial charge in [-0.3, -0.25) is 4.79 Å². The highest BCUT2D eigenvalue weighted by Crippen LogP contribution is 2.32. The fourth-order valence-corrected chi connectivity index (χ4v) is 2.71. The molecule has 100 valence electrons. The number of hydrogen-bond donors (Lipinski definition) is 1. The lowest BCUT2D eigenvalue weighted by atomic mass is 9.80. The van der Waals surface area contributed by atoms with Crippen molar-refractivity contribution in [1.82, 2.24) is 5.32 Å². The van der Waals surface area contributed by atoms with E-state index >= 15 is 0 Å². The second kappa shape index (κ2) is 9.14. The van der Waals surface area contributed by atoms with Crippen molar-refractivity contribution < 1.29 is 9.53 Å². The summed E-state index contributed by atoms with van der Waals surface area (Å²) in [6.45, 7) is 3.66. The van der Waals surface area contributed by atoms with Gasteiger partial charge >= 0.3 is 0 Å². The third-order valence-electron chi connectivity index (χ3n) is 3.20. The molecule has 0 spiro atoms. The number of nitrogens with one attached hydrogen (secondary N) is 1. The molecule has 0 aromatic carbocycles. The number of alkyl halides is 1. The van der Waals surface area contributed by atoms with Gasteiger partial charge < -0.3 is 10.1 Å². The van der Waals surface area contributed by atoms with E-state index in [1.54, 1.807) is 0 Å². The third kappa shape index (κ3) is 6.60. The summed E-state index contributed by atoms with van der Waals surface area (Å²) >= 11 is 2.39. The Kier molecular flexibility index (Phi) is 8.18. The van der Waals surface area contributed by atoms with Gasteiger partial charge in [-0.25, -0.2) is 0 Å². The Morgan fingerprint density at radius 2 is 2.12 bits per heavy atom. The standard InChI is InChI=1S/C13H24INO2/c1-2-17-12-8-11(9-12)10-13(16)15-7-5-3-4-6-14/h11-12H,2-10H2,1H3,(H,15,16). The van der Waals surface area contributed by atoms with Crippen LogP contribution in [0, 0.1) is 5.92 Å². The fraction of sp³-hybridized carbons (Fsp3) is 0.923. The van der Waals surface area contributed by atoms with Gasteiger partial charge in [0.05, 0.1) is 6.10 Å². The minimum Gasteiger partial charge on any atom is -0.378 e. The molecule has 1 aliphatic rings. The van der Waals surface area contributed by atoms with Crippen molar-refractivity contribution in [2.75, 3.05) is 17.6 Å². The summed E-state index contributed by atoms with van der Waals surface area (Å²) in [5.41, 5.74) is 0. The molecule has 17 heavy (non-hydrogen) atoms. The van der Waals surface area contributed by atoms with Crippen LogP contribution in [0.2, 0.25) is 0 Å². The zero-order valence-corrected chi connectivity index (χ0v) is 12.9. The van der Waals surface area contributed by atoms with Crippen LogP contribution in [-0.4, -0.2) is 29.6 Å². The highest BCUT2D eigenvalue weighted by Gasteiger charge is 2.30. The number of rotatable bonds is 9. The summed E-state index contributed by atoms with van der Waals surface area (Å²) in [4.78, 5) is 11.6. The van der Waals surface area contributed by atoms with Crippen molar-refractivity contribution in [3.05, 3.63) is 0 Å². The zero-order chi connectivity index (χ0) is 12.5. The summed E-state index contributed by atoms with van der Waals surface area (Å²) in [5.74, 6) is 0.778. The molecule has 0 aromatic rings. The number of amides is 1. The zero-order valence-electron chi connectivity index (χ0n) is 10.7. The van der Waals surface area contributed by atoms with Gasteiger partial charge in [0.2, 0.25) is 5.91 Å². The number of ether oxygens (including phenoxy) is 1. The smallest absolute Gasteiger partial charge is 0.220 e. The molecule has 0 atom stereocenters. The topological polar surface area (TPSA) is 38.3 Å². The third-order valence-corrected chi connectivity index (χ3v) is 3.96. The minimum absolute atomic E-state index is 0.222. The van der Waals surface area contributed by atoms with Crippen LogP contribution in [0.25, 0.3) is 0 Å². The quantitative estimate of drug-likeness (QED) is 0.393. The van der Waals surface area contributed by atoms with E-state index < -0.39 is 0 Å². The molecule has 1 amide bonds. The van der Waals surface area contributed by atoms with Gasteiger partial charge in [-0.2, -0.15) is 0 Å². The van der Waals surface area contributed by atoms with E-state index in [2.05, 4.69) is 27.9 Å². The second-order valence-corrected chi connectivity index (χ2v) is 5.80. The summed E-state index contributed by atoms with van der Waals surface area (Å²) < 4.78 is 6.70. The van der Waals surface area contributed by atoms with Crippen molar-refractivity contribution >= 4 is 28.5 Å². The predicted octanol–water partition coefficient (Wildman–Crippen LogP) is 2.91. The maximum atomic E-state index is 11.6. The predicted molar refractivity (Wildman–Crippen MR) is 78.5 cm³/mol. The first kappa shape index (κ1) is 15.2. The van der Waals surface area contributed by atoms with E-state index in [1.807, 2.05) is 6.92 Å². The molecule has 0 heterocycles. The van der Waals surface area contributed by atoms with Gasteiger partial charge in [0, 0.05) is 19.6 Å². The number of halogens is 1. The van der Waals surface area contributed by atoms with Crippen LogP contribution in [0.1, 0.15) is 45.4 Å². The van der Waals surface area contributed by atoms with Crippen LogP contribution in [0.5, 0.6) is 0 Å². The van der Waals surface area contributed by atoms with Crippen LogP contribution in [0.4, 0.5) is 0 Å². The monoisotopic (exact) mass is 353 g/mol. The van der Waals surface area contributed by atoms with Gasteiger partial charge in [0.25, 0.3) is 0 Å². The molecule has 1 aliphatic carbocycles. The summed E-state index contributed by atoms with van der Waals surface area (Å²) in [5, 5.41) is 3.01. The van der Waals surface area contributed by atoms with Crippen molar-refractivity contribution in [2.24, 2.45) is 5.92 Å². The Bertz CT molecular complexity index is 217. The molecule has 0 saturated heterocycles. The number of carbonyl (C=O) groups excluding carboxylic acids is 1. The van der Waals surface area contributed by atoms with E-state index in [0.717, 1.165) is 32.4 Å².